The molecule has 2 heterocycles. The lowest BCUT2D eigenvalue weighted by Gasteiger charge is -2.32. The molecule has 0 spiro atoms. The Morgan fingerprint density at radius 3 is 2.60 bits per heavy atom. The number of likely N-dealkylation sites (tertiary alicyclic amines) is 1. The van der Waals surface area contributed by atoms with Crippen molar-refractivity contribution in [3.63, 3.8) is 0 Å². The highest BCUT2D eigenvalue weighted by Crippen LogP contribution is 2.28. The lowest BCUT2D eigenvalue weighted by molar-refractivity contribution is -0.135. The van der Waals surface area contributed by atoms with Crippen molar-refractivity contribution in [3.05, 3.63) is 11.8 Å². The molecular weight excluding hydrogens is 344 g/mol. The minimum atomic E-state index is -0.0835. The van der Waals surface area contributed by atoms with Gasteiger partial charge in [0, 0.05) is 37.5 Å². The average molecular weight is 371 g/mol. The molecule has 8 heteroatoms. The minimum Gasteiger partial charge on any atom is -0.360 e. The van der Waals surface area contributed by atoms with Gasteiger partial charge in [-0.05, 0) is 38.5 Å². The number of nitrogens with two attached hydrogens (primary N) is 1. The van der Waals surface area contributed by atoms with Gasteiger partial charge >= 0.3 is 0 Å². The third-order valence-electron chi connectivity index (χ3n) is 5.25. The molecule has 0 bridgehead atoms. The zero-order valence-electron chi connectivity index (χ0n) is 14.6. The second-order valence-corrected chi connectivity index (χ2v) is 7.03. The first kappa shape index (κ1) is 19.7. The Morgan fingerprint density at radius 1 is 1.32 bits per heavy atom. The molecule has 1 aliphatic carbocycles. The Balaban J connectivity index is 0.00000225. The van der Waals surface area contributed by atoms with E-state index >= 15 is 0 Å². The second kappa shape index (κ2) is 8.67. The van der Waals surface area contributed by atoms with Crippen molar-refractivity contribution in [1.29, 1.82) is 0 Å². The van der Waals surface area contributed by atoms with Crippen molar-refractivity contribution in [2.45, 2.75) is 51.5 Å². The molecule has 1 saturated heterocycles. The van der Waals surface area contributed by atoms with E-state index in [1.54, 1.807) is 13.0 Å². The summed E-state index contributed by atoms with van der Waals surface area (Å²) in [5.74, 6) is 1.49. The zero-order valence-corrected chi connectivity index (χ0v) is 15.4. The van der Waals surface area contributed by atoms with Crippen LogP contribution in [-0.4, -0.2) is 41.0 Å². The number of halogens is 1. The molecule has 3 N–H and O–H groups in total. The van der Waals surface area contributed by atoms with E-state index in [1.807, 2.05) is 4.90 Å². The van der Waals surface area contributed by atoms with E-state index in [-0.39, 0.29) is 36.2 Å². The standard InChI is InChI=1S/C17H26N4O3.ClH/c1-11-9-15(20-24-11)19-17(23)12-5-7-21(8-6-12)16(22)10-13-3-2-4-14(13)18;/h9,12-14H,2-8,10,18H2,1H3,(H,19,20,23);1H/t13-,14+;/m0./s1. The van der Waals surface area contributed by atoms with Crippen molar-refractivity contribution in [2.75, 3.05) is 18.4 Å². The van der Waals surface area contributed by atoms with E-state index in [0.29, 0.717) is 49.8 Å². The monoisotopic (exact) mass is 370 g/mol. The van der Waals surface area contributed by atoms with Crippen LogP contribution in [0, 0.1) is 18.8 Å². The summed E-state index contributed by atoms with van der Waals surface area (Å²) in [6.07, 6.45) is 5.14. The molecule has 2 atom stereocenters. The third-order valence-corrected chi connectivity index (χ3v) is 5.25. The van der Waals surface area contributed by atoms with Crippen molar-refractivity contribution >= 4 is 30.0 Å². The van der Waals surface area contributed by atoms with Crippen LogP contribution in [0.15, 0.2) is 10.6 Å². The maximum atomic E-state index is 12.4. The van der Waals surface area contributed by atoms with Gasteiger partial charge in [0.25, 0.3) is 0 Å². The van der Waals surface area contributed by atoms with Crippen LogP contribution in [0.2, 0.25) is 0 Å². The molecule has 7 nitrogen and oxygen atoms in total. The van der Waals surface area contributed by atoms with E-state index in [9.17, 15) is 9.59 Å². The van der Waals surface area contributed by atoms with Gasteiger partial charge in [0.05, 0.1) is 0 Å². The van der Waals surface area contributed by atoms with E-state index < -0.39 is 0 Å². The van der Waals surface area contributed by atoms with E-state index in [0.717, 1.165) is 19.3 Å². The lowest BCUT2D eigenvalue weighted by atomic mass is 9.94. The normalized spacial score (nSPS) is 24.0. The predicted molar refractivity (Wildman–Crippen MR) is 96.4 cm³/mol. The molecule has 1 aromatic rings. The van der Waals surface area contributed by atoms with Crippen LogP contribution < -0.4 is 11.1 Å². The molecule has 2 fully saturated rings. The van der Waals surface area contributed by atoms with Crippen LogP contribution in [0.4, 0.5) is 5.82 Å². The van der Waals surface area contributed by atoms with Crippen LogP contribution in [0.25, 0.3) is 0 Å². The first-order chi connectivity index (χ1) is 11.5. The van der Waals surface area contributed by atoms with Crippen LogP contribution >= 0.6 is 12.4 Å². The van der Waals surface area contributed by atoms with Crippen molar-refractivity contribution in [3.8, 4) is 0 Å². The Kier molecular flexibility index (Phi) is 6.84. The van der Waals surface area contributed by atoms with Crippen LogP contribution in [-0.2, 0) is 9.59 Å². The number of rotatable bonds is 4. The fourth-order valence-corrected chi connectivity index (χ4v) is 3.72. The second-order valence-electron chi connectivity index (χ2n) is 7.03. The van der Waals surface area contributed by atoms with E-state index in [4.69, 9.17) is 10.3 Å². The number of carbonyl (C=O) groups excluding carboxylic acids is 2. The van der Waals surface area contributed by atoms with Gasteiger partial charge in [-0.1, -0.05) is 11.6 Å². The van der Waals surface area contributed by atoms with Gasteiger partial charge in [-0.2, -0.15) is 0 Å². The Hall–Kier alpha value is -1.60. The molecule has 0 radical (unpaired) electrons. The number of piperidine rings is 1. The van der Waals surface area contributed by atoms with E-state index in [2.05, 4.69) is 10.5 Å². The van der Waals surface area contributed by atoms with Gasteiger partial charge in [-0.25, -0.2) is 0 Å². The topological polar surface area (TPSA) is 101 Å². The lowest BCUT2D eigenvalue weighted by Crippen LogP contribution is -2.42. The number of carbonyl (C=O) groups is 2. The van der Waals surface area contributed by atoms with Crippen molar-refractivity contribution in [1.82, 2.24) is 10.1 Å². The first-order valence-electron chi connectivity index (χ1n) is 8.80. The maximum absolute atomic E-state index is 12.4. The van der Waals surface area contributed by atoms with Gasteiger partial charge < -0.3 is 20.5 Å². The highest BCUT2D eigenvalue weighted by Gasteiger charge is 2.31. The smallest absolute Gasteiger partial charge is 0.228 e. The number of nitrogens with one attached hydrogen (secondary N) is 1. The fraction of sp³-hybridized carbons (Fsp3) is 0.706. The SMILES string of the molecule is Cc1cc(NC(=O)C2CCN(C(=O)C[C@@H]3CCC[C@H]3N)CC2)no1.Cl. The molecule has 3 rings (SSSR count). The maximum Gasteiger partial charge on any atom is 0.228 e. The number of anilines is 1. The minimum absolute atomic E-state index is 0. The highest BCUT2D eigenvalue weighted by molar-refractivity contribution is 5.91. The molecule has 2 amide bonds. The summed E-state index contributed by atoms with van der Waals surface area (Å²) in [6, 6.07) is 1.87. The molecule has 0 unspecified atom stereocenters. The fourth-order valence-electron chi connectivity index (χ4n) is 3.72. The van der Waals surface area contributed by atoms with E-state index in [1.165, 1.54) is 0 Å². The van der Waals surface area contributed by atoms with Gasteiger partial charge in [0.1, 0.15) is 5.76 Å². The van der Waals surface area contributed by atoms with Crippen molar-refractivity contribution in [2.24, 2.45) is 17.6 Å². The molecule has 140 valence electrons. The quantitative estimate of drug-likeness (QED) is 0.845. The summed E-state index contributed by atoms with van der Waals surface area (Å²) < 4.78 is 4.95. The number of hydrogen-bond acceptors (Lipinski definition) is 5. The number of aromatic nitrogens is 1. The summed E-state index contributed by atoms with van der Waals surface area (Å²) >= 11 is 0. The highest BCUT2D eigenvalue weighted by atomic mass is 35.5. The molecule has 1 aliphatic heterocycles. The number of hydrogen-bond donors (Lipinski definition) is 2. The summed E-state index contributed by atoms with van der Waals surface area (Å²) in [6.45, 7) is 3.05. The Bertz CT molecular complexity index is 598. The largest absolute Gasteiger partial charge is 0.360 e. The third kappa shape index (κ3) is 4.95. The predicted octanol–water partition coefficient (Wildman–Crippen LogP) is 2.10. The van der Waals surface area contributed by atoms with Gasteiger partial charge in [0.2, 0.25) is 11.8 Å². The van der Waals surface area contributed by atoms with Crippen LogP contribution in [0.5, 0.6) is 0 Å². The van der Waals surface area contributed by atoms with Gasteiger partial charge in [-0.15, -0.1) is 12.4 Å². The number of nitrogens with zero attached hydrogens (tertiary/aromatic N) is 2. The van der Waals surface area contributed by atoms with Crippen LogP contribution in [0.1, 0.15) is 44.3 Å². The molecule has 0 aromatic carbocycles. The molecule has 1 saturated carbocycles. The van der Waals surface area contributed by atoms with Gasteiger partial charge in [-0.3, -0.25) is 9.59 Å². The molecular formula is C17H27ClN4O3. The van der Waals surface area contributed by atoms with Crippen LogP contribution in [0.3, 0.4) is 0 Å². The Labute approximate surface area is 154 Å². The molecule has 1 aromatic heterocycles. The van der Waals surface area contributed by atoms with Gasteiger partial charge in [0.15, 0.2) is 5.82 Å². The average Bonchev–Trinajstić information content (AvgIpc) is 3.16. The summed E-state index contributed by atoms with van der Waals surface area (Å²) in [5.41, 5.74) is 6.06. The summed E-state index contributed by atoms with van der Waals surface area (Å²) in [5, 5.41) is 6.55. The Morgan fingerprint density at radius 2 is 2.04 bits per heavy atom. The zero-order chi connectivity index (χ0) is 17.1. The number of aryl methyl sites for hydroxylation is 1. The van der Waals surface area contributed by atoms with Crippen molar-refractivity contribution < 1.29 is 14.1 Å². The molecule has 2 aliphatic rings. The first-order valence-corrected chi connectivity index (χ1v) is 8.80. The number of amides is 2. The summed E-state index contributed by atoms with van der Waals surface area (Å²) in [7, 11) is 0. The summed E-state index contributed by atoms with van der Waals surface area (Å²) in [4.78, 5) is 26.6. The molecule has 25 heavy (non-hydrogen) atoms.